The smallest absolute Gasteiger partial charge is 0.0516 e. The zero-order chi connectivity index (χ0) is 10.3. The van der Waals surface area contributed by atoms with Crippen molar-refractivity contribution in [1.82, 2.24) is 4.98 Å². The molecule has 2 aromatic rings. The summed E-state index contributed by atoms with van der Waals surface area (Å²) in [5, 5.41) is 1.18. The van der Waals surface area contributed by atoms with Gasteiger partial charge in [-0.15, -0.1) is 0 Å². The summed E-state index contributed by atoms with van der Waals surface area (Å²) in [6.45, 7) is 3.98. The van der Waals surface area contributed by atoms with Crippen molar-refractivity contribution in [3.8, 4) is 0 Å². The van der Waals surface area contributed by atoms with Gasteiger partial charge in [-0.2, -0.15) is 0 Å². The van der Waals surface area contributed by atoms with Crippen molar-refractivity contribution < 1.29 is 0 Å². The molecule has 3 heteroatoms. The van der Waals surface area contributed by atoms with Crippen LogP contribution < -0.4 is 5.73 Å². The highest BCUT2D eigenvalue weighted by molar-refractivity contribution is 9.10. The van der Waals surface area contributed by atoms with Gasteiger partial charge in [0.15, 0.2) is 0 Å². The van der Waals surface area contributed by atoms with E-state index in [0.29, 0.717) is 0 Å². The summed E-state index contributed by atoms with van der Waals surface area (Å²) in [5.74, 6) is 0. The molecule has 1 aromatic heterocycles. The number of hydrogen-bond acceptors (Lipinski definition) is 1. The molecule has 14 heavy (non-hydrogen) atoms. The number of nitrogens with one attached hydrogen (secondary N) is 1. The molecule has 0 unspecified atom stereocenters. The second kappa shape index (κ2) is 3.11. The highest BCUT2D eigenvalue weighted by atomic mass is 79.9. The summed E-state index contributed by atoms with van der Waals surface area (Å²) in [6.07, 6.45) is 0. The Hall–Kier alpha value is -0.800. The van der Waals surface area contributed by atoms with Crippen LogP contribution in [0.2, 0.25) is 0 Å². The largest absolute Gasteiger partial charge is 0.356 e. The van der Waals surface area contributed by atoms with Crippen LogP contribution >= 0.6 is 15.9 Å². The molecular weight excluding hydrogens is 240 g/mol. The van der Waals surface area contributed by atoms with Gasteiger partial charge < -0.3 is 10.7 Å². The first kappa shape index (κ1) is 9.74. The number of nitrogens with two attached hydrogens (primary N) is 1. The lowest BCUT2D eigenvalue weighted by Gasteiger charge is -2.17. The number of rotatable bonds is 1. The molecule has 0 saturated carbocycles. The van der Waals surface area contributed by atoms with E-state index >= 15 is 0 Å². The van der Waals surface area contributed by atoms with Crippen LogP contribution in [0.5, 0.6) is 0 Å². The first-order chi connectivity index (χ1) is 6.50. The molecule has 0 aliphatic rings. The molecule has 0 saturated heterocycles. The van der Waals surface area contributed by atoms with E-state index < -0.39 is 0 Å². The number of aromatic amines is 1. The number of aromatic nitrogens is 1. The Balaban J connectivity index is 2.75. The lowest BCUT2D eigenvalue weighted by molar-refractivity contribution is 0.537. The maximum absolute atomic E-state index is 6.06. The van der Waals surface area contributed by atoms with Crippen LogP contribution in [0.15, 0.2) is 28.7 Å². The van der Waals surface area contributed by atoms with Gasteiger partial charge in [-0.3, -0.25) is 0 Å². The van der Waals surface area contributed by atoms with E-state index in [-0.39, 0.29) is 5.54 Å². The Bertz CT molecular complexity index is 466. The number of H-pyrrole nitrogens is 1. The van der Waals surface area contributed by atoms with Crippen LogP contribution in [-0.2, 0) is 5.54 Å². The van der Waals surface area contributed by atoms with Crippen LogP contribution in [-0.4, -0.2) is 4.98 Å². The Morgan fingerprint density at radius 3 is 2.50 bits per heavy atom. The number of fused-ring (bicyclic) bond motifs is 1. The molecular formula is C11H13BrN2. The molecule has 0 spiro atoms. The molecule has 1 heterocycles. The average molecular weight is 253 g/mol. The zero-order valence-corrected chi connectivity index (χ0v) is 9.85. The summed E-state index contributed by atoms with van der Waals surface area (Å²) in [5.41, 5.74) is 7.87. The minimum absolute atomic E-state index is 0.349. The number of benzene rings is 1. The summed E-state index contributed by atoms with van der Waals surface area (Å²) in [6, 6.07) is 8.16. The summed E-state index contributed by atoms with van der Waals surface area (Å²) < 4.78 is 1.07. The fourth-order valence-corrected chi connectivity index (χ4v) is 2.51. The molecule has 2 nitrogen and oxygen atoms in total. The Morgan fingerprint density at radius 1 is 1.29 bits per heavy atom. The standard InChI is InChI=1S/C11H13BrN2/c1-11(2,13)10-9(12)7-5-3-4-6-8(7)14-10/h3-6,14H,13H2,1-2H3. The van der Waals surface area contributed by atoms with Crippen LogP contribution in [0, 0.1) is 0 Å². The lowest BCUT2D eigenvalue weighted by Crippen LogP contribution is -2.29. The molecule has 0 bridgehead atoms. The highest BCUT2D eigenvalue weighted by Crippen LogP contribution is 2.32. The van der Waals surface area contributed by atoms with E-state index in [0.717, 1.165) is 15.7 Å². The second-order valence-corrected chi connectivity index (χ2v) is 4.87. The van der Waals surface area contributed by atoms with Gasteiger partial charge in [-0.1, -0.05) is 18.2 Å². The minimum atomic E-state index is -0.349. The van der Waals surface area contributed by atoms with Crippen molar-refractivity contribution >= 4 is 26.8 Å². The van der Waals surface area contributed by atoms with E-state index in [1.807, 2.05) is 26.0 Å². The Morgan fingerprint density at radius 2 is 1.93 bits per heavy atom. The Kier molecular flexibility index (Phi) is 2.16. The highest BCUT2D eigenvalue weighted by Gasteiger charge is 2.21. The predicted molar refractivity (Wildman–Crippen MR) is 63.2 cm³/mol. The maximum atomic E-state index is 6.06. The summed E-state index contributed by atoms with van der Waals surface area (Å²) in [7, 11) is 0. The van der Waals surface area contributed by atoms with Crippen molar-refractivity contribution in [3.05, 3.63) is 34.4 Å². The van der Waals surface area contributed by atoms with Crippen LogP contribution in [0.3, 0.4) is 0 Å². The van der Waals surface area contributed by atoms with E-state index in [9.17, 15) is 0 Å². The van der Waals surface area contributed by atoms with Crippen molar-refractivity contribution in [2.24, 2.45) is 5.73 Å². The van der Waals surface area contributed by atoms with Gasteiger partial charge in [0.2, 0.25) is 0 Å². The van der Waals surface area contributed by atoms with Gasteiger partial charge in [0, 0.05) is 21.1 Å². The fourth-order valence-electron chi connectivity index (χ4n) is 1.55. The molecule has 3 N–H and O–H groups in total. The van der Waals surface area contributed by atoms with Gasteiger partial charge in [0.05, 0.1) is 5.54 Å². The van der Waals surface area contributed by atoms with Crippen LogP contribution in [0.1, 0.15) is 19.5 Å². The fraction of sp³-hybridized carbons (Fsp3) is 0.273. The molecule has 0 amide bonds. The molecule has 1 aromatic carbocycles. The summed E-state index contributed by atoms with van der Waals surface area (Å²) >= 11 is 3.58. The van der Waals surface area contributed by atoms with E-state index in [1.165, 1.54) is 5.39 Å². The van der Waals surface area contributed by atoms with Crippen molar-refractivity contribution in [1.29, 1.82) is 0 Å². The van der Waals surface area contributed by atoms with Gasteiger partial charge >= 0.3 is 0 Å². The van der Waals surface area contributed by atoms with Gasteiger partial charge in [0.25, 0.3) is 0 Å². The average Bonchev–Trinajstić information content (AvgIpc) is 2.44. The number of para-hydroxylation sites is 1. The maximum Gasteiger partial charge on any atom is 0.0516 e. The van der Waals surface area contributed by atoms with Gasteiger partial charge in [-0.25, -0.2) is 0 Å². The first-order valence-corrected chi connectivity index (χ1v) is 5.35. The van der Waals surface area contributed by atoms with Crippen molar-refractivity contribution in [2.45, 2.75) is 19.4 Å². The van der Waals surface area contributed by atoms with Gasteiger partial charge in [-0.05, 0) is 35.8 Å². The third-order valence-corrected chi connectivity index (χ3v) is 3.11. The van der Waals surface area contributed by atoms with Crippen molar-refractivity contribution in [2.75, 3.05) is 0 Å². The third kappa shape index (κ3) is 1.47. The predicted octanol–water partition coefficient (Wildman–Crippen LogP) is 3.12. The number of halogens is 1. The molecule has 2 rings (SSSR count). The molecule has 0 aliphatic heterocycles. The van der Waals surface area contributed by atoms with E-state index in [1.54, 1.807) is 0 Å². The van der Waals surface area contributed by atoms with Crippen LogP contribution in [0.25, 0.3) is 10.9 Å². The molecule has 74 valence electrons. The van der Waals surface area contributed by atoms with E-state index in [4.69, 9.17) is 5.73 Å². The quantitative estimate of drug-likeness (QED) is 0.805. The topological polar surface area (TPSA) is 41.8 Å². The van der Waals surface area contributed by atoms with Crippen molar-refractivity contribution in [3.63, 3.8) is 0 Å². The monoisotopic (exact) mass is 252 g/mol. The lowest BCUT2D eigenvalue weighted by atomic mass is 10.0. The molecule has 0 atom stereocenters. The van der Waals surface area contributed by atoms with Crippen LogP contribution in [0.4, 0.5) is 0 Å². The normalized spacial score (nSPS) is 12.3. The van der Waals surface area contributed by atoms with E-state index in [2.05, 4.69) is 33.0 Å². The molecule has 0 fully saturated rings. The zero-order valence-electron chi connectivity index (χ0n) is 8.26. The molecule has 0 aliphatic carbocycles. The SMILES string of the molecule is CC(C)(N)c1[nH]c2ccccc2c1Br. The summed E-state index contributed by atoms with van der Waals surface area (Å²) in [4.78, 5) is 3.33. The Labute approximate surface area is 91.6 Å². The molecule has 0 radical (unpaired) electrons. The third-order valence-electron chi connectivity index (χ3n) is 2.29. The minimum Gasteiger partial charge on any atom is -0.356 e. The number of hydrogen-bond donors (Lipinski definition) is 2. The first-order valence-electron chi connectivity index (χ1n) is 4.56. The second-order valence-electron chi connectivity index (χ2n) is 4.08. The van der Waals surface area contributed by atoms with Gasteiger partial charge in [0.1, 0.15) is 0 Å².